The number of amidine groups is 1. The summed E-state index contributed by atoms with van der Waals surface area (Å²) >= 11 is 0. The molecule has 0 fully saturated rings. The highest BCUT2D eigenvalue weighted by Crippen LogP contribution is 2.24. The molecule has 4 nitrogen and oxygen atoms in total. The van der Waals surface area contributed by atoms with Gasteiger partial charge in [0.15, 0.2) is 0 Å². The smallest absolute Gasteiger partial charge is 0.274 e. The van der Waals surface area contributed by atoms with E-state index >= 15 is 0 Å². The second-order valence-electron chi connectivity index (χ2n) is 5.98. The van der Waals surface area contributed by atoms with E-state index in [0.29, 0.717) is 0 Å². The summed E-state index contributed by atoms with van der Waals surface area (Å²) in [4.78, 5) is 6.52. The Morgan fingerprint density at radius 3 is 1.90 bits per heavy atom. The third-order valence-electron chi connectivity index (χ3n) is 3.24. The van der Waals surface area contributed by atoms with Crippen LogP contribution in [0.25, 0.3) is 0 Å². The first-order chi connectivity index (χ1) is 9.25. The fourth-order valence-corrected chi connectivity index (χ4v) is 2.86. The zero-order valence-electron chi connectivity index (χ0n) is 14.2. The summed E-state index contributed by atoms with van der Waals surface area (Å²) in [6.07, 6.45) is 7.52. The van der Waals surface area contributed by atoms with E-state index in [1.165, 1.54) is 22.8 Å². The first kappa shape index (κ1) is 16.3. The molecule has 20 heavy (non-hydrogen) atoms. The Morgan fingerprint density at radius 1 is 0.950 bits per heavy atom. The van der Waals surface area contributed by atoms with Gasteiger partial charge in [-0.05, 0) is 5.57 Å². The molecule has 0 heterocycles. The van der Waals surface area contributed by atoms with Gasteiger partial charge in [-0.25, -0.2) is 0 Å². The third kappa shape index (κ3) is 3.65. The van der Waals surface area contributed by atoms with Gasteiger partial charge in [-0.15, -0.1) is 0 Å². The molecule has 0 saturated carbocycles. The minimum atomic E-state index is 0.952. The molecule has 1 aliphatic carbocycles. The van der Waals surface area contributed by atoms with E-state index in [0.717, 1.165) is 6.42 Å². The van der Waals surface area contributed by atoms with Crippen molar-refractivity contribution in [3.05, 3.63) is 35.2 Å². The molecule has 0 aliphatic heterocycles. The summed E-state index contributed by atoms with van der Waals surface area (Å²) in [5, 5.41) is 0. The summed E-state index contributed by atoms with van der Waals surface area (Å²) in [7, 11) is 16.8. The van der Waals surface area contributed by atoms with E-state index in [9.17, 15) is 0 Å². The van der Waals surface area contributed by atoms with Gasteiger partial charge in [-0.1, -0.05) is 18.2 Å². The van der Waals surface area contributed by atoms with E-state index in [2.05, 4.69) is 93.9 Å². The Labute approximate surface area is 124 Å². The molecule has 0 aromatic carbocycles. The zero-order chi connectivity index (χ0) is 15.4. The van der Waals surface area contributed by atoms with Crippen LogP contribution in [0.4, 0.5) is 0 Å². The van der Waals surface area contributed by atoms with Crippen LogP contribution in [0.2, 0.25) is 0 Å². The minimum absolute atomic E-state index is 0.952. The molecule has 0 aromatic heterocycles. The molecule has 1 rings (SSSR count). The van der Waals surface area contributed by atoms with Gasteiger partial charge in [0.05, 0.1) is 28.2 Å². The monoisotopic (exact) mass is 277 g/mol. The molecule has 4 heteroatoms. The topological polar surface area (TPSA) is 12.7 Å². The van der Waals surface area contributed by atoms with Crippen molar-refractivity contribution in [3.8, 4) is 0 Å². The highest BCUT2D eigenvalue weighted by molar-refractivity contribution is 5.95. The van der Waals surface area contributed by atoms with E-state index in [-0.39, 0.29) is 0 Å². The lowest BCUT2D eigenvalue weighted by Gasteiger charge is -2.28. The van der Waals surface area contributed by atoms with Crippen LogP contribution in [0.5, 0.6) is 0 Å². The molecule has 0 unspecified atom stereocenters. The van der Waals surface area contributed by atoms with Gasteiger partial charge in [-0.3, -0.25) is 9.48 Å². The molecule has 0 saturated heterocycles. The summed E-state index contributed by atoms with van der Waals surface area (Å²) in [6, 6.07) is 0. The number of likely N-dealkylation sites (N-methyl/N-ethyl adjacent to an activating group) is 1. The predicted octanol–water partition coefficient (Wildman–Crippen LogP) is 1.44. The molecule has 0 N–H and O–H groups in total. The van der Waals surface area contributed by atoms with Crippen molar-refractivity contribution in [2.45, 2.75) is 6.42 Å². The molecule has 0 radical (unpaired) electrons. The number of hydrogen-bond donors (Lipinski definition) is 0. The van der Waals surface area contributed by atoms with Crippen LogP contribution in [-0.4, -0.2) is 81.5 Å². The van der Waals surface area contributed by atoms with Crippen molar-refractivity contribution >= 4 is 5.84 Å². The number of hydrogen-bond acceptors (Lipinski definition) is 2. The van der Waals surface area contributed by atoms with Gasteiger partial charge >= 0.3 is 0 Å². The lowest BCUT2D eigenvalue weighted by Crippen LogP contribution is -2.33. The van der Waals surface area contributed by atoms with Crippen LogP contribution in [0.15, 0.2) is 35.2 Å². The second-order valence-corrected chi connectivity index (χ2v) is 5.98. The van der Waals surface area contributed by atoms with Gasteiger partial charge in [0.25, 0.3) is 5.84 Å². The van der Waals surface area contributed by atoms with E-state index in [1.54, 1.807) is 0 Å². The molecule has 0 atom stereocenters. The van der Waals surface area contributed by atoms with Crippen LogP contribution in [0.1, 0.15) is 6.42 Å². The second kappa shape index (κ2) is 6.64. The molecule has 112 valence electrons. The molecular weight excluding hydrogens is 248 g/mol. The van der Waals surface area contributed by atoms with Crippen LogP contribution >= 0.6 is 0 Å². The summed E-state index contributed by atoms with van der Waals surface area (Å²) in [5.41, 5.74) is 2.69. The molecular formula is C16H29N4+. The summed E-state index contributed by atoms with van der Waals surface area (Å²) < 4.78 is 2.17. The van der Waals surface area contributed by atoms with Crippen molar-refractivity contribution < 1.29 is 4.58 Å². The highest BCUT2D eigenvalue weighted by atomic mass is 15.3. The summed E-state index contributed by atoms with van der Waals surface area (Å²) in [6.45, 7) is 0. The SMILES string of the molecule is CN(C)C(=C1C=CC=C(C(N(C)C)=[N+](C)C)C1)N(C)C. The minimum Gasteiger partial charge on any atom is -0.364 e. The molecule has 1 aliphatic rings. The van der Waals surface area contributed by atoms with Crippen LogP contribution in [0.3, 0.4) is 0 Å². The van der Waals surface area contributed by atoms with Crippen molar-refractivity contribution in [3.63, 3.8) is 0 Å². The van der Waals surface area contributed by atoms with Crippen LogP contribution in [-0.2, 0) is 0 Å². The fourth-order valence-electron chi connectivity index (χ4n) is 2.86. The van der Waals surface area contributed by atoms with Crippen LogP contribution < -0.4 is 0 Å². The van der Waals surface area contributed by atoms with Crippen molar-refractivity contribution in [2.75, 3.05) is 56.4 Å². The van der Waals surface area contributed by atoms with Crippen molar-refractivity contribution in [2.24, 2.45) is 0 Å². The Hall–Kier alpha value is -1.71. The summed E-state index contributed by atoms with van der Waals surface area (Å²) in [5.74, 6) is 2.51. The standard InChI is InChI=1S/C16H29N4/c1-17(2)15(18(3)4)13-10-9-11-14(12-13)16(19(5)6)20(7)8/h9-11H,12H2,1-8H3/q+1. The van der Waals surface area contributed by atoms with Gasteiger partial charge in [0.1, 0.15) is 5.82 Å². The van der Waals surface area contributed by atoms with Crippen molar-refractivity contribution in [1.29, 1.82) is 0 Å². The number of allylic oxidation sites excluding steroid dienone is 4. The van der Waals surface area contributed by atoms with E-state index in [4.69, 9.17) is 0 Å². The molecule has 0 amide bonds. The van der Waals surface area contributed by atoms with E-state index in [1.807, 2.05) is 0 Å². The average molecular weight is 277 g/mol. The first-order valence-electron chi connectivity index (χ1n) is 6.92. The van der Waals surface area contributed by atoms with Gasteiger partial charge in [0, 0.05) is 40.2 Å². The third-order valence-corrected chi connectivity index (χ3v) is 3.24. The van der Waals surface area contributed by atoms with Gasteiger partial charge in [-0.2, -0.15) is 0 Å². The van der Waals surface area contributed by atoms with Gasteiger partial charge < -0.3 is 9.80 Å². The first-order valence-corrected chi connectivity index (χ1v) is 6.92. The largest absolute Gasteiger partial charge is 0.364 e. The van der Waals surface area contributed by atoms with E-state index < -0.39 is 0 Å². The van der Waals surface area contributed by atoms with Crippen molar-refractivity contribution in [1.82, 2.24) is 14.7 Å². The Kier molecular flexibility index (Phi) is 5.43. The quantitative estimate of drug-likeness (QED) is 0.440. The maximum absolute atomic E-state index is 2.21. The fraction of sp³-hybridized carbons (Fsp3) is 0.562. The maximum Gasteiger partial charge on any atom is 0.274 e. The Balaban J connectivity index is 3.21. The average Bonchev–Trinajstić information content (AvgIpc) is 2.27. The lowest BCUT2D eigenvalue weighted by atomic mass is 9.97. The zero-order valence-corrected chi connectivity index (χ0v) is 14.2. The van der Waals surface area contributed by atoms with Gasteiger partial charge in [0.2, 0.25) is 0 Å². The lowest BCUT2D eigenvalue weighted by molar-refractivity contribution is -0.469. The molecule has 0 spiro atoms. The molecule has 0 aromatic rings. The Morgan fingerprint density at radius 2 is 1.50 bits per heavy atom. The maximum atomic E-state index is 2.21. The molecule has 0 bridgehead atoms. The number of nitrogens with zero attached hydrogens (tertiary/aromatic N) is 4. The normalized spacial score (nSPS) is 13.8. The predicted molar refractivity (Wildman–Crippen MR) is 87.0 cm³/mol. The Bertz CT molecular complexity index is 463. The number of rotatable bonds is 3. The highest BCUT2D eigenvalue weighted by Gasteiger charge is 2.22. The van der Waals surface area contributed by atoms with Crippen LogP contribution in [0, 0.1) is 0 Å².